The number of aromatic nitrogens is 4. The number of fused-ring (bicyclic) bond motifs is 4. The van der Waals surface area contributed by atoms with Gasteiger partial charge in [0.25, 0.3) is 35.4 Å². The highest BCUT2D eigenvalue weighted by Crippen LogP contribution is 2.38. The summed E-state index contributed by atoms with van der Waals surface area (Å²) in [6.45, 7) is 4.18. The highest BCUT2D eigenvalue weighted by atomic mass is 16.5. The number of imide groups is 3. The first kappa shape index (κ1) is 56.1. The van der Waals surface area contributed by atoms with Gasteiger partial charge in [-0.25, -0.2) is 19.4 Å². The first-order valence-electron chi connectivity index (χ1n) is 26.8. The molecule has 11 heterocycles. The molecule has 12 amide bonds. The zero-order valence-electron chi connectivity index (χ0n) is 46.9. The van der Waals surface area contributed by atoms with Crippen molar-refractivity contribution < 1.29 is 70.8 Å². The van der Waals surface area contributed by atoms with E-state index in [9.17, 15) is 43.2 Å². The lowest BCUT2D eigenvalue weighted by molar-refractivity contribution is -0.126. The molecule has 0 radical (unpaired) electrons. The number of carbonyl (C=O) groups is 9. The summed E-state index contributed by atoms with van der Waals surface area (Å²) in [4.78, 5) is 126. The van der Waals surface area contributed by atoms with Crippen LogP contribution in [-0.4, -0.2) is 129 Å². The molecule has 3 fully saturated rings. The van der Waals surface area contributed by atoms with Crippen LogP contribution in [0.15, 0.2) is 123 Å². The summed E-state index contributed by atoms with van der Waals surface area (Å²) in [5, 5.41) is 22.4. The molecular weight excluding hydrogens is 1130 g/mol. The standard InChI is InChI=1S/C21H17N5O5.C21H18N4O5.C17H16N4O5/c1-30-14-3-2-13-10-26(18(27)15(13)8-14)11-21(19(28)23-20(29)24-21)17-9-16(25-31-17)12-4-6-22-7-5-12;1-11-3-6-16-15(22-11)8-17(30-16)21(19(27)23-20(28)24-21)10-25-9-12-4-5-13(29-2)7-14(12)18(25)26;1-9-5-13(26-20-9)17(15(23)18-16(24)19-17)8-21-7-10-3-4-11(25-2)6-12(10)14(21)22/h2-9H,10-11H2,1H3,(H2,23,24,28,29);3-8H,9-10H2,1-2H3,(H2,23,24,27,28);3-6H,7-8H2,1-2H3,(H2,18,19,23,24)/t2*21-;17-/m000/s1. The summed E-state index contributed by atoms with van der Waals surface area (Å²) in [5.41, 5.74) is 2.94. The summed E-state index contributed by atoms with van der Waals surface area (Å²) in [6, 6.07) is 25.6. The number of hydrogen-bond donors (Lipinski definition) is 6. The van der Waals surface area contributed by atoms with Crippen molar-refractivity contribution >= 4 is 64.6 Å². The Hall–Kier alpha value is -11.5. The van der Waals surface area contributed by atoms with Crippen LogP contribution in [0.25, 0.3) is 22.4 Å². The van der Waals surface area contributed by atoms with Crippen molar-refractivity contribution in [2.45, 2.75) is 50.1 Å². The molecule has 28 heteroatoms. The van der Waals surface area contributed by atoms with Crippen LogP contribution in [0, 0.1) is 13.8 Å². The van der Waals surface area contributed by atoms with E-state index in [2.05, 4.69) is 52.2 Å². The first-order chi connectivity index (χ1) is 41.8. The van der Waals surface area contributed by atoms with Gasteiger partial charge in [-0.3, -0.25) is 49.7 Å². The number of ether oxygens (including phenoxy) is 3. The molecule has 0 bridgehead atoms. The van der Waals surface area contributed by atoms with Gasteiger partial charge in [-0.15, -0.1) is 0 Å². The molecule has 0 saturated carbocycles. The number of aryl methyl sites for hydroxylation is 2. The fourth-order valence-electron chi connectivity index (χ4n) is 11.1. The SMILES string of the molecule is COc1ccc2c(c1)C(=O)N(C[C@@]1(c3cc(-c4ccncc4)no3)NC(=O)NC1=O)C2.COc1ccc2c(c1)C(=O)N(C[C@@]1(c3cc(C)no3)NC(=O)NC1=O)C2.COc1ccc2c(c1)C(=O)N(C[C@@]1(c3cc4nc(C)ccc4o3)NC(=O)NC1=O)C2. The highest BCUT2D eigenvalue weighted by Gasteiger charge is 2.56. The third kappa shape index (κ3) is 9.95. The minimum Gasteiger partial charge on any atom is -0.497 e. The fraction of sp³-hybridized carbons (Fsp3) is 0.237. The van der Waals surface area contributed by atoms with Crippen molar-refractivity contribution in [3.63, 3.8) is 0 Å². The van der Waals surface area contributed by atoms with Gasteiger partial charge in [0.2, 0.25) is 0 Å². The van der Waals surface area contributed by atoms with E-state index in [1.165, 1.54) is 36.0 Å². The second-order valence-corrected chi connectivity index (χ2v) is 21.1. The number of benzene rings is 3. The van der Waals surface area contributed by atoms with Crippen LogP contribution < -0.4 is 46.1 Å². The number of nitrogens with one attached hydrogen (secondary N) is 6. The summed E-state index contributed by atoms with van der Waals surface area (Å²) in [5.74, 6) is -0.296. The average Bonchev–Trinajstić information content (AvgIpc) is 2.37. The van der Waals surface area contributed by atoms with Crippen molar-refractivity contribution in [1.82, 2.24) is 66.9 Å². The van der Waals surface area contributed by atoms with Gasteiger partial charge in [-0.05, 0) is 91.2 Å². The normalized spacial score (nSPS) is 20.6. The van der Waals surface area contributed by atoms with Gasteiger partial charge in [0.15, 0.2) is 33.7 Å². The predicted molar refractivity (Wildman–Crippen MR) is 298 cm³/mol. The number of rotatable bonds is 13. The number of nitrogens with zero attached hydrogens (tertiary/aromatic N) is 7. The Morgan fingerprint density at radius 3 is 1.31 bits per heavy atom. The number of urea groups is 3. The minimum absolute atomic E-state index is 0.0744. The Morgan fingerprint density at radius 2 is 0.908 bits per heavy atom. The van der Waals surface area contributed by atoms with Gasteiger partial charge in [-0.1, -0.05) is 28.5 Å². The van der Waals surface area contributed by atoms with E-state index in [1.54, 1.807) is 98.2 Å². The lowest BCUT2D eigenvalue weighted by atomic mass is 9.94. The average molecular weight is 1180 g/mol. The maximum absolute atomic E-state index is 13.0. The Bertz CT molecular complexity index is 4220. The predicted octanol–water partition coefficient (Wildman–Crippen LogP) is 3.95. The van der Waals surface area contributed by atoms with Crippen molar-refractivity contribution in [1.29, 1.82) is 0 Å². The molecule has 8 aromatic rings. The van der Waals surface area contributed by atoms with E-state index in [0.717, 1.165) is 27.9 Å². The van der Waals surface area contributed by atoms with Crippen molar-refractivity contribution in [3.05, 3.63) is 172 Å². The third-order valence-electron chi connectivity index (χ3n) is 15.6. The number of methoxy groups -OCH3 is 3. The largest absolute Gasteiger partial charge is 0.497 e. The van der Waals surface area contributed by atoms with E-state index in [1.807, 2.05) is 25.1 Å². The van der Waals surface area contributed by atoms with Crippen molar-refractivity contribution in [2.24, 2.45) is 0 Å². The van der Waals surface area contributed by atoms with E-state index >= 15 is 0 Å². The Labute approximate surface area is 491 Å². The summed E-state index contributed by atoms with van der Waals surface area (Å²) in [6.07, 6.45) is 3.22. The molecule has 3 atom stereocenters. The van der Waals surface area contributed by atoms with Gasteiger partial charge in [0, 0.05) is 78.2 Å². The van der Waals surface area contributed by atoms with Crippen LogP contribution in [0.2, 0.25) is 0 Å². The van der Waals surface area contributed by atoms with E-state index < -0.39 is 52.4 Å². The van der Waals surface area contributed by atoms with E-state index in [-0.39, 0.29) is 61.2 Å². The van der Waals surface area contributed by atoms with Crippen LogP contribution in [0.4, 0.5) is 14.4 Å². The van der Waals surface area contributed by atoms with Crippen molar-refractivity contribution in [3.8, 4) is 28.5 Å². The number of amides is 12. The van der Waals surface area contributed by atoms with Crippen LogP contribution in [0.3, 0.4) is 0 Å². The Morgan fingerprint density at radius 1 is 0.483 bits per heavy atom. The van der Waals surface area contributed by atoms with Gasteiger partial charge in [-0.2, -0.15) is 0 Å². The summed E-state index contributed by atoms with van der Waals surface area (Å²) in [7, 11) is 4.58. The van der Waals surface area contributed by atoms with Crippen LogP contribution in [-0.2, 0) is 50.6 Å². The first-order valence-corrected chi connectivity index (χ1v) is 26.8. The molecule has 6 aliphatic rings. The van der Waals surface area contributed by atoms with Gasteiger partial charge in [0.1, 0.15) is 34.2 Å². The lowest BCUT2D eigenvalue weighted by Gasteiger charge is -2.28. The molecule has 3 aromatic carbocycles. The highest BCUT2D eigenvalue weighted by molar-refractivity contribution is 6.10. The molecule has 442 valence electrons. The molecule has 14 rings (SSSR count). The van der Waals surface area contributed by atoms with E-state index in [4.69, 9.17) is 27.7 Å². The molecule has 6 aliphatic heterocycles. The monoisotopic (exact) mass is 1180 g/mol. The summed E-state index contributed by atoms with van der Waals surface area (Å²) >= 11 is 0. The number of hydrogen-bond acceptors (Lipinski definition) is 19. The van der Waals surface area contributed by atoms with Gasteiger partial charge >= 0.3 is 18.1 Å². The van der Waals surface area contributed by atoms with Crippen LogP contribution in [0.1, 0.15) is 76.4 Å². The molecule has 3 saturated heterocycles. The third-order valence-corrected chi connectivity index (χ3v) is 15.6. The van der Waals surface area contributed by atoms with E-state index in [0.29, 0.717) is 69.5 Å². The lowest BCUT2D eigenvalue weighted by Crippen LogP contribution is -2.52. The molecule has 87 heavy (non-hydrogen) atoms. The quantitative estimate of drug-likeness (QED) is 0.0890. The Balaban J connectivity index is 0.000000128. The minimum atomic E-state index is -1.60. The molecular formula is C59H51N13O15. The second kappa shape index (κ2) is 21.6. The zero-order chi connectivity index (χ0) is 61.1. The number of pyridine rings is 2. The Kier molecular flexibility index (Phi) is 13.9. The fourth-order valence-corrected chi connectivity index (χ4v) is 11.1. The van der Waals surface area contributed by atoms with Crippen LogP contribution in [0.5, 0.6) is 17.2 Å². The number of furan rings is 1. The van der Waals surface area contributed by atoms with Gasteiger partial charge < -0.3 is 58.3 Å². The zero-order valence-corrected chi connectivity index (χ0v) is 46.9. The van der Waals surface area contributed by atoms with Gasteiger partial charge in [0.05, 0.1) is 46.7 Å². The smallest absolute Gasteiger partial charge is 0.322 e. The molecule has 6 N–H and O–H groups in total. The second-order valence-electron chi connectivity index (χ2n) is 21.1. The van der Waals surface area contributed by atoms with Crippen LogP contribution >= 0.6 is 0 Å². The molecule has 0 aliphatic carbocycles. The maximum Gasteiger partial charge on any atom is 0.322 e. The number of carbonyl (C=O) groups excluding carboxylic acids is 9. The van der Waals surface area contributed by atoms with Crippen molar-refractivity contribution in [2.75, 3.05) is 41.0 Å². The molecule has 28 nitrogen and oxygen atoms in total. The molecule has 0 unspecified atom stereocenters. The molecule has 5 aromatic heterocycles. The summed E-state index contributed by atoms with van der Waals surface area (Å²) < 4.78 is 32.2. The maximum atomic E-state index is 13.0. The topological polar surface area (TPSA) is 354 Å². The molecule has 0 spiro atoms.